The molecule has 0 fully saturated rings. The van der Waals surface area contributed by atoms with Crippen molar-refractivity contribution in [3.05, 3.63) is 48.6 Å². The maximum Gasteiger partial charge on any atom is 0.338 e. The van der Waals surface area contributed by atoms with Crippen LogP contribution in [0.25, 0.3) is 0 Å². The fourth-order valence-electron chi connectivity index (χ4n) is 1.97. The van der Waals surface area contributed by atoms with Gasteiger partial charge in [-0.15, -0.1) is 6.58 Å². The van der Waals surface area contributed by atoms with Gasteiger partial charge in [-0.2, -0.15) is 11.8 Å². The molecule has 1 unspecified atom stereocenters. The number of carbonyl (C=O) groups is 2. The number of benzene rings is 1. The van der Waals surface area contributed by atoms with Crippen LogP contribution in [0, 0.1) is 0 Å². The molecule has 0 amide bonds. The molecule has 0 aliphatic carbocycles. The predicted molar refractivity (Wildman–Crippen MR) is 104 cm³/mol. The van der Waals surface area contributed by atoms with Gasteiger partial charge in [0.05, 0.1) is 31.8 Å². The summed E-state index contributed by atoms with van der Waals surface area (Å²) in [5.74, 6) is 0.605. The van der Waals surface area contributed by atoms with Gasteiger partial charge in [0, 0.05) is 11.5 Å². The first kappa shape index (κ1) is 22.3. The SMILES string of the molecule is C=CCOCC(CSCCC(=O)OCCCC)OC(=O)c1ccccc1. The van der Waals surface area contributed by atoms with Crippen LogP contribution in [-0.4, -0.2) is 49.4 Å². The van der Waals surface area contributed by atoms with E-state index in [0.29, 0.717) is 43.3 Å². The highest BCUT2D eigenvalue weighted by atomic mass is 32.2. The number of esters is 2. The molecule has 144 valence electrons. The summed E-state index contributed by atoms with van der Waals surface area (Å²) >= 11 is 1.54. The van der Waals surface area contributed by atoms with Crippen molar-refractivity contribution in [3.8, 4) is 0 Å². The van der Waals surface area contributed by atoms with E-state index in [4.69, 9.17) is 14.2 Å². The Kier molecular flexibility index (Phi) is 12.3. The van der Waals surface area contributed by atoms with Crippen molar-refractivity contribution < 1.29 is 23.8 Å². The Hall–Kier alpha value is -1.79. The van der Waals surface area contributed by atoms with Crippen molar-refractivity contribution in [3.63, 3.8) is 0 Å². The van der Waals surface area contributed by atoms with E-state index in [1.807, 2.05) is 6.07 Å². The molecule has 1 atom stereocenters. The molecule has 0 spiro atoms. The number of hydrogen-bond donors (Lipinski definition) is 0. The molecule has 0 saturated heterocycles. The van der Waals surface area contributed by atoms with Crippen molar-refractivity contribution in [2.75, 3.05) is 31.3 Å². The van der Waals surface area contributed by atoms with E-state index in [1.165, 1.54) is 0 Å². The van der Waals surface area contributed by atoms with Crippen molar-refractivity contribution >= 4 is 23.7 Å². The minimum Gasteiger partial charge on any atom is -0.466 e. The molecule has 1 aromatic rings. The second-order valence-electron chi connectivity index (χ2n) is 5.62. The second-order valence-corrected chi connectivity index (χ2v) is 6.77. The zero-order valence-electron chi connectivity index (χ0n) is 15.4. The molecule has 0 aliphatic heterocycles. The highest BCUT2D eigenvalue weighted by Crippen LogP contribution is 2.12. The molecule has 1 rings (SSSR count). The van der Waals surface area contributed by atoms with E-state index >= 15 is 0 Å². The Morgan fingerprint density at radius 2 is 2.04 bits per heavy atom. The van der Waals surface area contributed by atoms with E-state index in [2.05, 4.69) is 13.5 Å². The Labute approximate surface area is 160 Å². The zero-order chi connectivity index (χ0) is 19.0. The largest absolute Gasteiger partial charge is 0.466 e. The van der Waals surface area contributed by atoms with E-state index in [-0.39, 0.29) is 18.0 Å². The molecule has 0 radical (unpaired) electrons. The monoisotopic (exact) mass is 380 g/mol. The van der Waals surface area contributed by atoms with Gasteiger partial charge in [-0.05, 0) is 18.6 Å². The molecule has 0 bridgehead atoms. The molecule has 1 aromatic carbocycles. The number of carbonyl (C=O) groups excluding carboxylic acids is 2. The van der Waals surface area contributed by atoms with E-state index in [1.54, 1.807) is 42.1 Å². The van der Waals surface area contributed by atoms with Crippen LogP contribution in [0.2, 0.25) is 0 Å². The van der Waals surface area contributed by atoms with Crippen molar-refractivity contribution in [1.82, 2.24) is 0 Å². The summed E-state index contributed by atoms with van der Waals surface area (Å²) in [5, 5.41) is 0. The van der Waals surface area contributed by atoms with Crippen LogP contribution in [0.3, 0.4) is 0 Å². The van der Waals surface area contributed by atoms with Gasteiger partial charge in [0.2, 0.25) is 0 Å². The van der Waals surface area contributed by atoms with Crippen LogP contribution in [0.15, 0.2) is 43.0 Å². The standard InChI is InChI=1S/C20H28O5S/c1-3-5-13-24-19(21)11-14-26-16-18(15-23-12-4-2)25-20(22)17-9-7-6-8-10-17/h4,6-10,18H,2-3,5,11-16H2,1H3. The molecule has 5 nitrogen and oxygen atoms in total. The highest BCUT2D eigenvalue weighted by Gasteiger charge is 2.16. The summed E-state index contributed by atoms with van der Waals surface area (Å²) in [5.41, 5.74) is 0.505. The molecule has 6 heteroatoms. The van der Waals surface area contributed by atoms with Crippen LogP contribution in [0.4, 0.5) is 0 Å². The second kappa shape index (κ2) is 14.4. The van der Waals surface area contributed by atoms with Crippen molar-refractivity contribution in [2.24, 2.45) is 0 Å². The van der Waals surface area contributed by atoms with Crippen LogP contribution >= 0.6 is 11.8 Å². The fraction of sp³-hybridized carbons (Fsp3) is 0.500. The number of ether oxygens (including phenoxy) is 3. The van der Waals surface area contributed by atoms with E-state index in [9.17, 15) is 9.59 Å². The molecular weight excluding hydrogens is 352 g/mol. The lowest BCUT2D eigenvalue weighted by molar-refractivity contribution is -0.143. The Bertz CT molecular complexity index is 532. The Morgan fingerprint density at radius 1 is 1.27 bits per heavy atom. The lowest BCUT2D eigenvalue weighted by Gasteiger charge is -2.17. The number of hydrogen-bond acceptors (Lipinski definition) is 6. The zero-order valence-corrected chi connectivity index (χ0v) is 16.2. The number of rotatable bonds is 14. The third-order valence-corrected chi connectivity index (χ3v) is 4.44. The minimum atomic E-state index is -0.385. The van der Waals surface area contributed by atoms with E-state index < -0.39 is 0 Å². The number of thioether (sulfide) groups is 1. The van der Waals surface area contributed by atoms with Gasteiger partial charge >= 0.3 is 11.9 Å². The first-order valence-electron chi connectivity index (χ1n) is 8.85. The topological polar surface area (TPSA) is 61.8 Å². The highest BCUT2D eigenvalue weighted by molar-refractivity contribution is 7.99. The van der Waals surface area contributed by atoms with Gasteiger partial charge in [-0.3, -0.25) is 4.79 Å². The maximum atomic E-state index is 12.2. The van der Waals surface area contributed by atoms with Crippen molar-refractivity contribution in [1.29, 1.82) is 0 Å². The van der Waals surface area contributed by atoms with Gasteiger partial charge in [0.1, 0.15) is 6.10 Å². The van der Waals surface area contributed by atoms with Crippen LogP contribution < -0.4 is 0 Å². The quantitative estimate of drug-likeness (QED) is 0.277. The smallest absolute Gasteiger partial charge is 0.338 e. The normalized spacial score (nSPS) is 11.6. The summed E-state index contributed by atoms with van der Waals surface area (Å²) in [7, 11) is 0. The lowest BCUT2D eigenvalue weighted by atomic mass is 10.2. The summed E-state index contributed by atoms with van der Waals surface area (Å²) in [6, 6.07) is 8.85. The average molecular weight is 381 g/mol. The van der Waals surface area contributed by atoms with Crippen LogP contribution in [0.5, 0.6) is 0 Å². The summed E-state index contributed by atoms with van der Waals surface area (Å²) in [6.45, 7) is 6.82. The molecule has 0 aliphatic rings. The Morgan fingerprint density at radius 3 is 2.73 bits per heavy atom. The summed E-state index contributed by atoms with van der Waals surface area (Å²) in [4.78, 5) is 23.8. The first-order valence-corrected chi connectivity index (χ1v) is 10.0. The van der Waals surface area contributed by atoms with Crippen LogP contribution in [0.1, 0.15) is 36.5 Å². The predicted octanol–water partition coefficient (Wildman–Crippen LogP) is 3.88. The molecule has 0 saturated carbocycles. The number of unbranched alkanes of at least 4 members (excludes halogenated alkanes) is 1. The third-order valence-electron chi connectivity index (χ3n) is 3.34. The molecular formula is C20H28O5S. The van der Waals surface area contributed by atoms with Gasteiger partial charge < -0.3 is 14.2 Å². The molecule has 26 heavy (non-hydrogen) atoms. The van der Waals surface area contributed by atoms with Gasteiger partial charge in [0.25, 0.3) is 0 Å². The van der Waals surface area contributed by atoms with Gasteiger partial charge in [0.15, 0.2) is 0 Å². The fourth-order valence-corrected chi connectivity index (χ4v) is 2.87. The lowest BCUT2D eigenvalue weighted by Crippen LogP contribution is -2.26. The average Bonchev–Trinajstić information content (AvgIpc) is 2.66. The maximum absolute atomic E-state index is 12.2. The molecule has 0 aromatic heterocycles. The molecule has 0 heterocycles. The van der Waals surface area contributed by atoms with Gasteiger partial charge in [-0.1, -0.05) is 37.6 Å². The summed E-state index contributed by atoms with van der Waals surface area (Å²) < 4.78 is 16.1. The third kappa shape index (κ3) is 10.3. The van der Waals surface area contributed by atoms with Crippen molar-refractivity contribution in [2.45, 2.75) is 32.3 Å². The van der Waals surface area contributed by atoms with Crippen LogP contribution in [-0.2, 0) is 19.0 Å². The molecule has 0 N–H and O–H groups in total. The Balaban J connectivity index is 2.36. The van der Waals surface area contributed by atoms with Gasteiger partial charge in [-0.25, -0.2) is 4.79 Å². The first-order chi connectivity index (χ1) is 12.7. The van der Waals surface area contributed by atoms with E-state index in [0.717, 1.165) is 12.8 Å². The summed E-state index contributed by atoms with van der Waals surface area (Å²) in [6.07, 6.45) is 3.50. The minimum absolute atomic E-state index is 0.188.